The van der Waals surface area contributed by atoms with Crippen molar-refractivity contribution in [2.45, 2.75) is 26.9 Å². The average Bonchev–Trinajstić information content (AvgIpc) is 3.06. The summed E-state index contributed by atoms with van der Waals surface area (Å²) in [5.74, 6) is 1.22. The van der Waals surface area contributed by atoms with Gasteiger partial charge in [0.25, 0.3) is 5.91 Å². The minimum atomic E-state index is -0.0442. The Morgan fingerprint density at radius 1 is 1.09 bits per heavy atom. The normalized spacial score (nSPS) is 15.0. The van der Waals surface area contributed by atoms with E-state index >= 15 is 0 Å². The largest absolute Gasteiger partial charge is 0.490 e. The van der Waals surface area contributed by atoms with Crippen LogP contribution in [0.4, 0.5) is 0 Å². The molecule has 0 N–H and O–H groups in total. The number of halogens is 1. The van der Waals surface area contributed by atoms with Crippen LogP contribution in [0.25, 0.3) is 16.8 Å². The summed E-state index contributed by atoms with van der Waals surface area (Å²) < 4.78 is 13.5. The molecule has 7 heteroatoms. The van der Waals surface area contributed by atoms with Crippen LogP contribution in [0, 0.1) is 0 Å². The molecule has 0 aromatic heterocycles. The van der Waals surface area contributed by atoms with E-state index in [1.54, 1.807) is 4.90 Å². The monoisotopic (exact) mass is 541 g/mol. The van der Waals surface area contributed by atoms with Crippen molar-refractivity contribution in [1.29, 1.82) is 0 Å². The molecular formula is C26H24BrNO3S2. The lowest BCUT2D eigenvalue weighted by atomic mass is 10.1. The van der Waals surface area contributed by atoms with Gasteiger partial charge in [0.05, 0.1) is 16.0 Å². The summed E-state index contributed by atoms with van der Waals surface area (Å²) in [5, 5.41) is 2.35. The molecule has 33 heavy (non-hydrogen) atoms. The SMILES string of the molecule is CCCN1C(=O)/C(=C/c2cc(Br)c(OCc3cccc4ccccc34)c(OCC)c2)SC1=S. The van der Waals surface area contributed by atoms with Crippen molar-refractivity contribution in [3.63, 3.8) is 0 Å². The molecule has 1 aliphatic heterocycles. The fraction of sp³-hybridized carbons (Fsp3) is 0.231. The van der Waals surface area contributed by atoms with Crippen molar-refractivity contribution in [1.82, 2.24) is 4.90 Å². The minimum Gasteiger partial charge on any atom is -0.490 e. The van der Waals surface area contributed by atoms with Crippen LogP contribution < -0.4 is 9.47 Å². The summed E-state index contributed by atoms with van der Waals surface area (Å²) in [4.78, 5) is 15.0. The summed E-state index contributed by atoms with van der Waals surface area (Å²) in [6.45, 7) is 5.51. The zero-order valence-electron chi connectivity index (χ0n) is 18.5. The topological polar surface area (TPSA) is 38.8 Å². The highest BCUT2D eigenvalue weighted by Gasteiger charge is 2.31. The number of carbonyl (C=O) groups is 1. The van der Waals surface area contributed by atoms with Crippen molar-refractivity contribution in [3.05, 3.63) is 75.1 Å². The van der Waals surface area contributed by atoms with E-state index in [9.17, 15) is 4.79 Å². The number of fused-ring (bicyclic) bond motifs is 1. The standard InChI is InChI=1S/C26H24BrNO3S2/c1-3-12-28-25(29)23(33-26(28)32)15-17-13-21(27)24(22(14-17)30-4-2)31-16-19-10-7-9-18-8-5-6-11-20(18)19/h5-11,13-15H,3-4,12,16H2,1-2H3/b23-15-. The molecule has 0 atom stereocenters. The van der Waals surface area contributed by atoms with Gasteiger partial charge in [-0.2, -0.15) is 0 Å². The fourth-order valence-electron chi connectivity index (χ4n) is 3.71. The highest BCUT2D eigenvalue weighted by atomic mass is 79.9. The number of thioether (sulfide) groups is 1. The summed E-state index contributed by atoms with van der Waals surface area (Å²) in [7, 11) is 0. The lowest BCUT2D eigenvalue weighted by molar-refractivity contribution is -0.122. The van der Waals surface area contributed by atoms with E-state index in [2.05, 4.69) is 40.2 Å². The smallest absolute Gasteiger partial charge is 0.266 e. The Labute approximate surface area is 212 Å². The first-order valence-corrected chi connectivity index (χ1v) is 12.8. The molecule has 3 aromatic rings. The maximum absolute atomic E-state index is 12.7. The molecule has 1 saturated heterocycles. The molecule has 4 nitrogen and oxygen atoms in total. The molecular weight excluding hydrogens is 518 g/mol. The Bertz CT molecular complexity index is 1240. The molecule has 1 aliphatic rings. The maximum atomic E-state index is 12.7. The van der Waals surface area contributed by atoms with Crippen LogP contribution in [0.15, 0.2) is 64.0 Å². The van der Waals surface area contributed by atoms with E-state index in [1.165, 1.54) is 22.5 Å². The van der Waals surface area contributed by atoms with Crippen LogP contribution in [0.1, 0.15) is 31.4 Å². The third-order valence-electron chi connectivity index (χ3n) is 5.20. The van der Waals surface area contributed by atoms with Gasteiger partial charge in [0.1, 0.15) is 10.9 Å². The van der Waals surface area contributed by atoms with Crippen molar-refractivity contribution < 1.29 is 14.3 Å². The zero-order valence-corrected chi connectivity index (χ0v) is 21.7. The second-order valence-electron chi connectivity index (χ2n) is 7.52. The van der Waals surface area contributed by atoms with Gasteiger partial charge in [-0.25, -0.2) is 0 Å². The first kappa shape index (κ1) is 23.8. The number of hydrogen-bond acceptors (Lipinski definition) is 5. The Balaban J connectivity index is 1.61. The predicted molar refractivity (Wildman–Crippen MR) is 144 cm³/mol. The molecule has 0 aliphatic carbocycles. The van der Waals surface area contributed by atoms with Crippen LogP contribution in [0.2, 0.25) is 0 Å². The lowest BCUT2D eigenvalue weighted by Crippen LogP contribution is -2.28. The quantitative estimate of drug-likeness (QED) is 0.223. The second-order valence-corrected chi connectivity index (χ2v) is 10.1. The van der Waals surface area contributed by atoms with Crippen LogP contribution in [0.3, 0.4) is 0 Å². The van der Waals surface area contributed by atoms with Gasteiger partial charge in [-0.1, -0.05) is 73.4 Å². The molecule has 0 unspecified atom stereocenters. The van der Waals surface area contributed by atoms with Gasteiger partial charge >= 0.3 is 0 Å². The Morgan fingerprint density at radius 2 is 1.88 bits per heavy atom. The number of thiocarbonyl (C=S) groups is 1. The third kappa shape index (κ3) is 5.26. The number of carbonyl (C=O) groups excluding carboxylic acids is 1. The van der Waals surface area contributed by atoms with Crippen molar-refractivity contribution in [3.8, 4) is 11.5 Å². The van der Waals surface area contributed by atoms with E-state index in [1.807, 2.05) is 50.3 Å². The highest BCUT2D eigenvalue weighted by molar-refractivity contribution is 9.10. The van der Waals surface area contributed by atoms with Crippen LogP contribution in [-0.2, 0) is 11.4 Å². The first-order valence-electron chi connectivity index (χ1n) is 10.8. The minimum absolute atomic E-state index is 0.0442. The molecule has 1 amide bonds. The van der Waals surface area contributed by atoms with Crippen molar-refractivity contribution in [2.24, 2.45) is 0 Å². The van der Waals surface area contributed by atoms with Gasteiger partial charge < -0.3 is 9.47 Å². The molecule has 1 fully saturated rings. The summed E-state index contributed by atoms with van der Waals surface area (Å²) in [6.07, 6.45) is 2.72. The molecule has 0 saturated carbocycles. The Kier molecular flexibility index (Phi) is 7.73. The number of rotatable bonds is 8. The van der Waals surface area contributed by atoms with Crippen LogP contribution in [0.5, 0.6) is 11.5 Å². The molecule has 3 aromatic carbocycles. The van der Waals surface area contributed by atoms with Gasteiger partial charge in [-0.3, -0.25) is 9.69 Å². The van der Waals surface area contributed by atoms with Crippen molar-refractivity contribution >= 4 is 67.0 Å². The number of nitrogens with zero attached hydrogens (tertiary/aromatic N) is 1. The predicted octanol–water partition coefficient (Wildman–Crippen LogP) is 7.19. The third-order valence-corrected chi connectivity index (χ3v) is 7.17. The van der Waals surface area contributed by atoms with Gasteiger partial charge in [0.2, 0.25) is 0 Å². The van der Waals surface area contributed by atoms with Crippen LogP contribution in [-0.4, -0.2) is 28.3 Å². The number of benzene rings is 3. The molecule has 0 radical (unpaired) electrons. The van der Waals surface area contributed by atoms with Gasteiger partial charge in [0.15, 0.2) is 11.5 Å². The first-order chi connectivity index (χ1) is 16.0. The Morgan fingerprint density at radius 3 is 2.67 bits per heavy atom. The Hall–Kier alpha value is -2.35. The molecule has 0 spiro atoms. The van der Waals surface area contributed by atoms with E-state index in [0.29, 0.717) is 40.5 Å². The molecule has 0 bridgehead atoms. The molecule has 4 rings (SSSR count). The summed E-state index contributed by atoms with van der Waals surface area (Å²) in [5.41, 5.74) is 1.95. The number of amides is 1. The van der Waals surface area contributed by atoms with Gasteiger partial charge in [0, 0.05) is 6.54 Å². The maximum Gasteiger partial charge on any atom is 0.266 e. The van der Waals surface area contributed by atoms with E-state index < -0.39 is 0 Å². The molecule has 170 valence electrons. The van der Waals surface area contributed by atoms with Gasteiger partial charge in [-0.05, 0) is 69.4 Å². The van der Waals surface area contributed by atoms with Gasteiger partial charge in [-0.15, -0.1) is 0 Å². The molecule has 1 heterocycles. The zero-order chi connectivity index (χ0) is 23.4. The van der Waals surface area contributed by atoms with Crippen LogP contribution >= 0.6 is 39.9 Å². The summed E-state index contributed by atoms with van der Waals surface area (Å²) >= 11 is 10.4. The lowest BCUT2D eigenvalue weighted by Gasteiger charge is -2.16. The van der Waals surface area contributed by atoms with E-state index in [4.69, 9.17) is 21.7 Å². The highest BCUT2D eigenvalue weighted by Crippen LogP contribution is 2.40. The fourth-order valence-corrected chi connectivity index (χ4v) is 5.59. The average molecular weight is 543 g/mol. The van der Waals surface area contributed by atoms with E-state index in [0.717, 1.165) is 22.0 Å². The second kappa shape index (κ2) is 10.7. The number of hydrogen-bond donors (Lipinski definition) is 0. The summed E-state index contributed by atoms with van der Waals surface area (Å²) in [6, 6.07) is 18.3. The number of ether oxygens (including phenoxy) is 2. The van der Waals surface area contributed by atoms with Crippen molar-refractivity contribution in [2.75, 3.05) is 13.2 Å². The van der Waals surface area contributed by atoms with E-state index in [-0.39, 0.29) is 5.91 Å².